The molecule has 0 heterocycles. The Kier molecular flexibility index (Phi) is 5.53. The Labute approximate surface area is 141 Å². The van der Waals surface area contributed by atoms with Crippen LogP contribution in [0.1, 0.15) is 26.3 Å². The first-order valence-corrected chi connectivity index (χ1v) is 6.99. The molecule has 2 aromatic rings. The number of esters is 1. The van der Waals surface area contributed by atoms with E-state index < -0.39 is 34.9 Å². The molecule has 0 bridgehead atoms. The minimum Gasteiger partial charge on any atom is -0.465 e. The number of rotatable bonds is 4. The average molecular weight is 350 g/mol. The van der Waals surface area contributed by atoms with E-state index in [2.05, 4.69) is 9.84 Å². The van der Waals surface area contributed by atoms with Gasteiger partial charge in [-0.1, -0.05) is 12.1 Å². The van der Waals surface area contributed by atoms with Crippen molar-refractivity contribution in [3.8, 4) is 0 Å². The molecule has 0 spiro atoms. The van der Waals surface area contributed by atoms with Gasteiger partial charge in [0.25, 0.3) is 5.91 Å². The molecule has 0 aliphatic rings. The quantitative estimate of drug-likeness (QED) is 0.484. The van der Waals surface area contributed by atoms with Gasteiger partial charge in [-0.05, 0) is 24.3 Å². The number of hydrogen-bond acceptors (Lipinski definition) is 4. The molecule has 0 saturated carbocycles. The highest BCUT2D eigenvalue weighted by molar-refractivity contribution is 5.95. The van der Waals surface area contributed by atoms with Crippen LogP contribution in [0.4, 0.5) is 13.2 Å². The molecule has 0 aromatic heterocycles. The van der Waals surface area contributed by atoms with Gasteiger partial charge in [0.15, 0.2) is 0 Å². The van der Waals surface area contributed by atoms with Gasteiger partial charge in [-0.15, -0.1) is 0 Å². The molecule has 0 unspecified atom stereocenters. The molecule has 0 aliphatic carbocycles. The summed E-state index contributed by atoms with van der Waals surface area (Å²) in [6.07, 6.45) is 0.768. The summed E-state index contributed by atoms with van der Waals surface area (Å²) >= 11 is 0. The van der Waals surface area contributed by atoms with Gasteiger partial charge < -0.3 is 4.74 Å². The van der Waals surface area contributed by atoms with Crippen molar-refractivity contribution in [3.63, 3.8) is 0 Å². The van der Waals surface area contributed by atoms with Gasteiger partial charge in [0.2, 0.25) is 0 Å². The van der Waals surface area contributed by atoms with E-state index in [1.165, 1.54) is 25.2 Å². The number of halogens is 3. The lowest BCUT2D eigenvalue weighted by Crippen LogP contribution is -2.22. The number of methoxy groups -OCH3 is 1. The fourth-order valence-corrected chi connectivity index (χ4v) is 1.95. The summed E-state index contributed by atoms with van der Waals surface area (Å²) in [7, 11) is 2.29. The van der Waals surface area contributed by atoms with Crippen LogP contribution >= 0.6 is 0 Å². The van der Waals surface area contributed by atoms with Crippen LogP contribution in [0.15, 0.2) is 41.5 Å². The molecule has 130 valence electrons. The molecule has 25 heavy (non-hydrogen) atoms. The van der Waals surface area contributed by atoms with E-state index in [0.29, 0.717) is 0 Å². The number of hydrazone groups is 1. The second-order valence-corrected chi connectivity index (χ2v) is 4.90. The first-order valence-electron chi connectivity index (χ1n) is 6.99. The molecule has 0 saturated heterocycles. The van der Waals surface area contributed by atoms with E-state index in [0.717, 1.165) is 36.5 Å². The topological polar surface area (TPSA) is 59.0 Å². The van der Waals surface area contributed by atoms with Crippen LogP contribution in [-0.2, 0) is 4.74 Å². The minimum absolute atomic E-state index is 0.232. The second kappa shape index (κ2) is 7.61. The average Bonchev–Trinajstić information content (AvgIpc) is 2.59. The Morgan fingerprint density at radius 1 is 1.08 bits per heavy atom. The molecule has 2 aromatic carbocycles. The van der Waals surface area contributed by atoms with Gasteiger partial charge in [-0.3, -0.25) is 4.79 Å². The van der Waals surface area contributed by atoms with E-state index in [1.54, 1.807) is 0 Å². The maximum Gasteiger partial charge on any atom is 0.338 e. The van der Waals surface area contributed by atoms with Crippen molar-refractivity contribution in [1.29, 1.82) is 0 Å². The second-order valence-electron chi connectivity index (χ2n) is 4.90. The monoisotopic (exact) mass is 350 g/mol. The summed E-state index contributed by atoms with van der Waals surface area (Å²) < 4.78 is 45.9. The van der Waals surface area contributed by atoms with Gasteiger partial charge in [0.1, 0.15) is 17.5 Å². The van der Waals surface area contributed by atoms with Crippen molar-refractivity contribution in [2.24, 2.45) is 5.10 Å². The third-order valence-electron chi connectivity index (χ3n) is 3.26. The highest BCUT2D eigenvalue weighted by Crippen LogP contribution is 2.15. The van der Waals surface area contributed by atoms with E-state index in [1.807, 2.05) is 0 Å². The predicted molar refractivity (Wildman–Crippen MR) is 83.8 cm³/mol. The number of ether oxygens (including phenoxy) is 1. The fraction of sp³-hybridized carbons (Fsp3) is 0.118. The highest BCUT2D eigenvalue weighted by Gasteiger charge is 2.17. The molecule has 0 atom stereocenters. The largest absolute Gasteiger partial charge is 0.465 e. The molecular formula is C17H13F3N2O3. The summed E-state index contributed by atoms with van der Waals surface area (Å²) in [5.74, 6) is -4.55. The van der Waals surface area contributed by atoms with Crippen molar-refractivity contribution in [1.82, 2.24) is 5.01 Å². The molecule has 2 rings (SSSR count). The Bertz CT molecular complexity index is 830. The zero-order chi connectivity index (χ0) is 18.6. The lowest BCUT2D eigenvalue weighted by Gasteiger charge is -2.11. The Morgan fingerprint density at radius 2 is 1.68 bits per heavy atom. The molecular weight excluding hydrogens is 337 g/mol. The third-order valence-corrected chi connectivity index (χ3v) is 3.26. The van der Waals surface area contributed by atoms with Gasteiger partial charge in [0, 0.05) is 7.05 Å². The molecule has 1 amide bonds. The van der Waals surface area contributed by atoms with E-state index in [4.69, 9.17) is 0 Å². The predicted octanol–water partition coefficient (Wildman–Crippen LogP) is 3.00. The minimum atomic E-state index is -1.06. The van der Waals surface area contributed by atoms with Crippen molar-refractivity contribution in [2.45, 2.75) is 0 Å². The molecule has 8 heteroatoms. The van der Waals surface area contributed by atoms with Gasteiger partial charge >= 0.3 is 5.97 Å². The Balaban J connectivity index is 2.25. The van der Waals surface area contributed by atoms with Gasteiger partial charge in [-0.2, -0.15) is 5.10 Å². The van der Waals surface area contributed by atoms with Crippen molar-refractivity contribution in [2.75, 3.05) is 14.2 Å². The van der Waals surface area contributed by atoms with Crippen molar-refractivity contribution in [3.05, 3.63) is 70.5 Å². The zero-order valence-electron chi connectivity index (χ0n) is 13.3. The number of nitrogens with zero attached hydrogens (tertiary/aromatic N) is 2. The third kappa shape index (κ3) is 4.03. The maximum absolute atomic E-state index is 13.9. The Hall–Kier alpha value is -3.16. The van der Waals surface area contributed by atoms with E-state index in [9.17, 15) is 22.8 Å². The van der Waals surface area contributed by atoms with Crippen LogP contribution in [0.3, 0.4) is 0 Å². The highest BCUT2D eigenvalue weighted by atomic mass is 19.1. The number of carbonyl (C=O) groups excluding carboxylic acids is 2. The molecule has 0 fully saturated rings. The molecule has 0 N–H and O–H groups in total. The SMILES string of the molecule is COC(=O)c1cc(F)c(/C=N/N(C)C(=O)c2ccccc2F)c(F)c1. The van der Waals surface area contributed by atoms with E-state index >= 15 is 0 Å². The van der Waals surface area contributed by atoms with Gasteiger partial charge in [-0.25, -0.2) is 23.0 Å². The van der Waals surface area contributed by atoms with E-state index in [-0.39, 0.29) is 11.1 Å². The summed E-state index contributed by atoms with van der Waals surface area (Å²) in [5.41, 5.74) is -1.09. The smallest absolute Gasteiger partial charge is 0.338 e. The maximum atomic E-state index is 13.9. The first kappa shape index (κ1) is 18.2. The van der Waals surface area contributed by atoms with Crippen LogP contribution in [-0.4, -0.2) is 37.3 Å². The number of hydrogen-bond donors (Lipinski definition) is 0. The first-order chi connectivity index (χ1) is 11.8. The standard InChI is InChI=1S/C17H13F3N2O3/c1-22(16(23)11-5-3-4-6-13(11)18)21-9-12-14(19)7-10(8-15(12)20)17(24)25-2/h3-9H,1-2H3/b21-9+. The van der Waals surface area contributed by atoms with Crippen LogP contribution in [0.2, 0.25) is 0 Å². The molecule has 0 radical (unpaired) electrons. The van der Waals surface area contributed by atoms with Crippen LogP contribution in [0.25, 0.3) is 0 Å². The molecule has 5 nitrogen and oxygen atoms in total. The number of benzene rings is 2. The number of carbonyl (C=O) groups is 2. The summed E-state index contributed by atoms with van der Waals surface area (Å²) in [4.78, 5) is 23.4. The normalized spacial score (nSPS) is 10.8. The summed E-state index contributed by atoms with van der Waals surface area (Å²) in [6, 6.07) is 6.83. The van der Waals surface area contributed by atoms with Crippen LogP contribution in [0, 0.1) is 17.5 Å². The fourth-order valence-electron chi connectivity index (χ4n) is 1.95. The van der Waals surface area contributed by atoms with Crippen molar-refractivity contribution < 1.29 is 27.5 Å². The van der Waals surface area contributed by atoms with Gasteiger partial charge in [0.05, 0.1) is 30.0 Å². The van der Waals surface area contributed by atoms with Crippen LogP contribution < -0.4 is 0 Å². The summed E-state index contributed by atoms with van der Waals surface area (Å²) in [6.45, 7) is 0. The van der Waals surface area contributed by atoms with Crippen LogP contribution in [0.5, 0.6) is 0 Å². The lowest BCUT2D eigenvalue weighted by atomic mass is 10.1. The van der Waals surface area contributed by atoms with Crippen molar-refractivity contribution >= 4 is 18.1 Å². The molecule has 0 aliphatic heterocycles. The lowest BCUT2D eigenvalue weighted by molar-refractivity contribution is 0.0599. The Morgan fingerprint density at radius 3 is 2.24 bits per heavy atom. The summed E-state index contributed by atoms with van der Waals surface area (Å²) in [5, 5.41) is 4.37. The zero-order valence-corrected chi connectivity index (χ0v) is 13.3. The number of amides is 1.